The number of nitrogens with one attached hydrogen (secondary N) is 1. The first kappa shape index (κ1) is 22.9. The van der Waals surface area contributed by atoms with Gasteiger partial charge in [-0.05, 0) is 39.0 Å². The summed E-state index contributed by atoms with van der Waals surface area (Å²) in [4.78, 5) is 40.9. The van der Waals surface area contributed by atoms with Crippen molar-refractivity contribution < 1.29 is 19.1 Å². The Morgan fingerprint density at radius 3 is 2.52 bits per heavy atom. The lowest BCUT2D eigenvalue weighted by molar-refractivity contribution is -0.120. The topological polar surface area (TPSA) is 82.2 Å². The van der Waals surface area contributed by atoms with Crippen LogP contribution >= 0.6 is 11.6 Å². The molecule has 4 amide bonds. The van der Waals surface area contributed by atoms with E-state index in [1.54, 1.807) is 23.1 Å². The van der Waals surface area contributed by atoms with E-state index in [0.717, 1.165) is 18.7 Å². The predicted molar refractivity (Wildman–Crippen MR) is 118 cm³/mol. The van der Waals surface area contributed by atoms with E-state index < -0.39 is 11.6 Å². The van der Waals surface area contributed by atoms with Gasteiger partial charge in [-0.1, -0.05) is 23.4 Å². The molecule has 166 valence electrons. The molecule has 2 aliphatic rings. The van der Waals surface area contributed by atoms with E-state index in [-0.39, 0.29) is 25.0 Å². The average Bonchev–Trinajstić information content (AvgIpc) is 2.69. The van der Waals surface area contributed by atoms with Gasteiger partial charge in [-0.15, -0.1) is 0 Å². The first-order valence-electron chi connectivity index (χ1n) is 10.2. The van der Waals surface area contributed by atoms with Gasteiger partial charge in [0.25, 0.3) is 0 Å². The fraction of sp³-hybridized carbons (Fsp3) is 0.500. The number of ether oxygens (including phenoxy) is 1. The molecule has 2 aliphatic heterocycles. The summed E-state index contributed by atoms with van der Waals surface area (Å²) in [6.45, 7) is 9.07. The number of halogens is 1. The van der Waals surface area contributed by atoms with Crippen LogP contribution in [0.4, 0.5) is 15.3 Å². The molecule has 2 saturated heterocycles. The number of rotatable bonds is 2. The van der Waals surface area contributed by atoms with Crippen LogP contribution < -0.4 is 10.2 Å². The molecule has 1 aromatic carbocycles. The van der Waals surface area contributed by atoms with Crippen molar-refractivity contribution in [1.82, 2.24) is 15.1 Å². The van der Waals surface area contributed by atoms with Crippen molar-refractivity contribution in [3.8, 4) is 11.8 Å². The normalized spacial score (nSPS) is 17.7. The summed E-state index contributed by atoms with van der Waals surface area (Å²) in [5.74, 6) is 5.96. The minimum atomic E-state index is -0.498. The maximum Gasteiger partial charge on any atom is 0.410 e. The van der Waals surface area contributed by atoms with Gasteiger partial charge in [0.05, 0.1) is 17.3 Å². The summed E-state index contributed by atoms with van der Waals surface area (Å²) >= 11 is 6.26. The number of hydrogen-bond donors (Lipinski definition) is 1. The van der Waals surface area contributed by atoms with Gasteiger partial charge in [0.15, 0.2) is 0 Å². The van der Waals surface area contributed by atoms with Crippen LogP contribution in [0.1, 0.15) is 32.8 Å². The van der Waals surface area contributed by atoms with Crippen molar-refractivity contribution in [3.05, 3.63) is 28.8 Å². The van der Waals surface area contributed by atoms with Crippen LogP contribution in [0.3, 0.4) is 0 Å². The number of hydrogen-bond acceptors (Lipinski definition) is 5. The molecule has 0 radical (unpaired) electrons. The largest absolute Gasteiger partial charge is 0.444 e. The fourth-order valence-corrected chi connectivity index (χ4v) is 3.48. The number of piperazine rings is 1. The lowest BCUT2D eigenvalue weighted by Crippen LogP contribution is -2.50. The molecule has 0 aromatic heterocycles. The first-order valence-corrected chi connectivity index (χ1v) is 10.6. The summed E-state index contributed by atoms with van der Waals surface area (Å²) < 4.78 is 5.41. The number of anilines is 1. The van der Waals surface area contributed by atoms with Gasteiger partial charge in [-0.2, -0.15) is 0 Å². The van der Waals surface area contributed by atoms with Crippen LogP contribution in [-0.4, -0.2) is 72.7 Å². The van der Waals surface area contributed by atoms with E-state index in [1.165, 1.54) is 4.90 Å². The molecule has 8 nitrogen and oxygen atoms in total. The van der Waals surface area contributed by atoms with Gasteiger partial charge in [0, 0.05) is 44.7 Å². The molecule has 0 atom stereocenters. The third-order valence-corrected chi connectivity index (χ3v) is 5.17. The lowest BCUT2D eigenvalue weighted by atomic mass is 10.1. The second-order valence-electron chi connectivity index (χ2n) is 8.47. The number of carbonyl (C=O) groups is 3. The van der Waals surface area contributed by atoms with Crippen molar-refractivity contribution in [2.45, 2.75) is 32.8 Å². The number of urea groups is 1. The molecule has 0 unspecified atom stereocenters. The molecule has 0 bridgehead atoms. The number of carbonyl (C=O) groups excluding carboxylic acids is 3. The highest BCUT2D eigenvalue weighted by Crippen LogP contribution is 2.28. The van der Waals surface area contributed by atoms with Crippen LogP contribution in [0, 0.1) is 11.8 Å². The molecule has 1 N–H and O–H groups in total. The van der Waals surface area contributed by atoms with Crippen LogP contribution in [-0.2, 0) is 9.53 Å². The number of amides is 4. The second-order valence-corrected chi connectivity index (χ2v) is 8.87. The van der Waals surface area contributed by atoms with Crippen molar-refractivity contribution in [1.29, 1.82) is 0 Å². The highest BCUT2D eigenvalue weighted by molar-refractivity contribution is 6.34. The minimum absolute atomic E-state index is 0.229. The zero-order valence-corrected chi connectivity index (χ0v) is 18.8. The van der Waals surface area contributed by atoms with Crippen molar-refractivity contribution >= 4 is 35.3 Å². The van der Waals surface area contributed by atoms with Gasteiger partial charge >= 0.3 is 12.1 Å². The summed E-state index contributed by atoms with van der Waals surface area (Å²) in [5.41, 5.74) is 0.766. The highest BCUT2D eigenvalue weighted by Gasteiger charge is 2.26. The molecule has 9 heteroatoms. The number of imide groups is 1. The third kappa shape index (κ3) is 6.36. The molecule has 0 aliphatic carbocycles. The fourth-order valence-electron chi connectivity index (χ4n) is 3.26. The zero-order chi connectivity index (χ0) is 22.6. The van der Waals surface area contributed by atoms with E-state index in [0.29, 0.717) is 30.3 Å². The van der Waals surface area contributed by atoms with E-state index in [2.05, 4.69) is 22.1 Å². The monoisotopic (exact) mass is 446 g/mol. The Balaban J connectivity index is 1.56. The first-order chi connectivity index (χ1) is 14.6. The minimum Gasteiger partial charge on any atom is -0.444 e. The summed E-state index contributed by atoms with van der Waals surface area (Å²) in [6, 6.07) is 4.77. The van der Waals surface area contributed by atoms with Gasteiger partial charge < -0.3 is 9.64 Å². The Hall–Kier alpha value is -2.76. The summed E-state index contributed by atoms with van der Waals surface area (Å²) in [7, 11) is 0. The Morgan fingerprint density at radius 2 is 1.87 bits per heavy atom. The van der Waals surface area contributed by atoms with E-state index in [9.17, 15) is 14.4 Å². The van der Waals surface area contributed by atoms with Crippen molar-refractivity contribution in [2.75, 3.05) is 44.2 Å². The lowest BCUT2D eigenvalue weighted by Gasteiger charge is -2.34. The molecule has 3 rings (SSSR count). The van der Waals surface area contributed by atoms with Gasteiger partial charge in [-0.25, -0.2) is 9.59 Å². The average molecular weight is 447 g/mol. The molecule has 31 heavy (non-hydrogen) atoms. The van der Waals surface area contributed by atoms with Gasteiger partial charge in [-0.3, -0.25) is 19.9 Å². The zero-order valence-electron chi connectivity index (χ0n) is 18.0. The summed E-state index contributed by atoms with van der Waals surface area (Å²) in [6.07, 6.45) is -0.0526. The molecule has 2 fully saturated rings. The highest BCUT2D eigenvalue weighted by atomic mass is 35.5. The maximum atomic E-state index is 12.1. The molecular formula is C22H27ClN4O4. The molecule has 2 heterocycles. The van der Waals surface area contributed by atoms with Crippen LogP contribution in [0.15, 0.2) is 18.2 Å². The van der Waals surface area contributed by atoms with Crippen LogP contribution in [0.2, 0.25) is 5.02 Å². The van der Waals surface area contributed by atoms with E-state index >= 15 is 0 Å². The Kier molecular flexibility index (Phi) is 7.08. The smallest absolute Gasteiger partial charge is 0.410 e. The molecule has 0 saturated carbocycles. The van der Waals surface area contributed by atoms with Crippen molar-refractivity contribution in [2.24, 2.45) is 0 Å². The third-order valence-electron chi connectivity index (χ3n) is 4.85. The number of benzene rings is 1. The second kappa shape index (κ2) is 9.58. The molecular weight excluding hydrogens is 420 g/mol. The molecule has 0 spiro atoms. The van der Waals surface area contributed by atoms with E-state index in [4.69, 9.17) is 16.3 Å². The van der Waals surface area contributed by atoms with Gasteiger partial charge in [0.2, 0.25) is 5.91 Å². The summed E-state index contributed by atoms with van der Waals surface area (Å²) in [5, 5.41) is 2.72. The quantitative estimate of drug-likeness (QED) is 0.706. The Labute approximate surface area is 187 Å². The van der Waals surface area contributed by atoms with Gasteiger partial charge in [0.1, 0.15) is 5.60 Å². The standard InChI is InChI=1S/C22H27ClN4O4/c1-22(2,3)31-21(30)26-13-11-25(12-14-26)9-4-5-16-6-7-17(23)18(15-16)27-10-8-19(28)24-20(27)29/h6-7,15H,8-14H2,1-3H3,(H,24,28,29). The Bertz CT molecular complexity index is 924. The van der Waals surface area contributed by atoms with Crippen LogP contribution in [0.25, 0.3) is 0 Å². The van der Waals surface area contributed by atoms with Crippen LogP contribution in [0.5, 0.6) is 0 Å². The number of nitrogens with zero attached hydrogens (tertiary/aromatic N) is 3. The molecule has 1 aromatic rings. The SMILES string of the molecule is CC(C)(C)OC(=O)N1CCN(CC#Cc2ccc(Cl)c(N3CCC(=O)NC3=O)c2)CC1. The Morgan fingerprint density at radius 1 is 1.16 bits per heavy atom. The van der Waals surface area contributed by atoms with E-state index in [1.807, 2.05) is 20.8 Å². The predicted octanol–water partition coefficient (Wildman–Crippen LogP) is 2.69. The van der Waals surface area contributed by atoms with Crippen molar-refractivity contribution in [3.63, 3.8) is 0 Å². The maximum absolute atomic E-state index is 12.1.